The van der Waals surface area contributed by atoms with Crippen molar-refractivity contribution in [3.63, 3.8) is 0 Å². The largest absolute Gasteiger partial charge is 0.326 e. The van der Waals surface area contributed by atoms with Crippen LogP contribution in [0.25, 0.3) is 5.57 Å². The molecule has 0 aliphatic carbocycles. The van der Waals surface area contributed by atoms with Gasteiger partial charge in [0.1, 0.15) is 5.94 Å². The van der Waals surface area contributed by atoms with Crippen molar-refractivity contribution in [3.8, 4) is 0 Å². The molecule has 1 heterocycles. The van der Waals surface area contributed by atoms with Crippen LogP contribution in [0.15, 0.2) is 24.5 Å². The molecule has 11 heavy (non-hydrogen) atoms. The number of nitrogens with zero attached hydrogens (tertiary/aromatic N) is 1. The summed E-state index contributed by atoms with van der Waals surface area (Å²) in [7, 11) is 0. The fraction of sp³-hybridized carbons (Fsp3) is 0.125. The molecular formula is C8H8N2O. The summed E-state index contributed by atoms with van der Waals surface area (Å²) >= 11 is 0. The SMILES string of the molecule is NCC(=C=O)c1cccnc1. The van der Waals surface area contributed by atoms with Gasteiger partial charge in [-0.2, -0.15) is 0 Å². The number of rotatable bonds is 2. The van der Waals surface area contributed by atoms with Crippen molar-refractivity contribution in [2.75, 3.05) is 6.54 Å². The molecule has 3 heteroatoms. The second-order valence-electron chi connectivity index (χ2n) is 2.03. The zero-order valence-electron chi connectivity index (χ0n) is 5.95. The number of hydrogen-bond donors (Lipinski definition) is 1. The van der Waals surface area contributed by atoms with E-state index in [1.807, 2.05) is 0 Å². The van der Waals surface area contributed by atoms with E-state index in [1.165, 1.54) is 0 Å². The maximum atomic E-state index is 10.3. The minimum Gasteiger partial charge on any atom is -0.326 e. The maximum Gasteiger partial charge on any atom is 0.129 e. The van der Waals surface area contributed by atoms with E-state index >= 15 is 0 Å². The second kappa shape index (κ2) is 3.66. The zero-order valence-corrected chi connectivity index (χ0v) is 5.95. The Morgan fingerprint density at radius 1 is 1.73 bits per heavy atom. The lowest BCUT2D eigenvalue weighted by molar-refractivity contribution is 0.569. The van der Waals surface area contributed by atoms with Crippen LogP contribution < -0.4 is 5.73 Å². The average molecular weight is 148 g/mol. The Labute approximate surface area is 64.6 Å². The molecule has 0 radical (unpaired) electrons. The van der Waals surface area contributed by atoms with Crippen LogP contribution in [0.2, 0.25) is 0 Å². The van der Waals surface area contributed by atoms with Crippen LogP contribution in [-0.4, -0.2) is 17.5 Å². The molecule has 0 spiro atoms. The van der Waals surface area contributed by atoms with Crippen molar-refractivity contribution in [3.05, 3.63) is 30.1 Å². The minimum atomic E-state index is 0.204. The topological polar surface area (TPSA) is 56.0 Å². The smallest absolute Gasteiger partial charge is 0.129 e. The molecule has 2 N–H and O–H groups in total. The quantitative estimate of drug-likeness (QED) is 0.612. The lowest BCUT2D eigenvalue weighted by atomic mass is 10.1. The van der Waals surface area contributed by atoms with E-state index in [1.54, 1.807) is 30.5 Å². The van der Waals surface area contributed by atoms with E-state index in [-0.39, 0.29) is 6.54 Å². The van der Waals surface area contributed by atoms with Gasteiger partial charge < -0.3 is 5.73 Å². The van der Waals surface area contributed by atoms with Crippen molar-refractivity contribution in [1.29, 1.82) is 0 Å². The van der Waals surface area contributed by atoms with Crippen LogP contribution in [-0.2, 0) is 4.79 Å². The molecule has 0 fully saturated rings. The number of carbonyl (C=O) groups excluding carboxylic acids is 1. The molecule has 0 bridgehead atoms. The molecule has 0 atom stereocenters. The van der Waals surface area contributed by atoms with E-state index in [4.69, 9.17) is 5.73 Å². The lowest BCUT2D eigenvalue weighted by Crippen LogP contribution is -2.02. The van der Waals surface area contributed by atoms with Crippen LogP contribution in [0.3, 0.4) is 0 Å². The van der Waals surface area contributed by atoms with Gasteiger partial charge in [0.05, 0.1) is 5.57 Å². The Kier molecular flexibility index (Phi) is 2.55. The Hall–Kier alpha value is -1.44. The van der Waals surface area contributed by atoms with E-state index < -0.39 is 0 Å². The molecule has 0 amide bonds. The number of hydrogen-bond acceptors (Lipinski definition) is 3. The van der Waals surface area contributed by atoms with Gasteiger partial charge in [-0.3, -0.25) is 4.98 Å². The van der Waals surface area contributed by atoms with Crippen LogP contribution in [0.5, 0.6) is 0 Å². The van der Waals surface area contributed by atoms with Crippen molar-refractivity contribution in [1.82, 2.24) is 4.98 Å². The highest BCUT2D eigenvalue weighted by Crippen LogP contribution is 2.06. The van der Waals surface area contributed by atoms with Crippen LogP contribution in [0.4, 0.5) is 0 Å². The highest BCUT2D eigenvalue weighted by molar-refractivity contribution is 5.87. The van der Waals surface area contributed by atoms with Crippen LogP contribution >= 0.6 is 0 Å². The van der Waals surface area contributed by atoms with E-state index in [0.29, 0.717) is 5.57 Å². The standard InChI is InChI=1S/C8H8N2O/c9-4-8(6-11)7-2-1-3-10-5-7/h1-3,5H,4,9H2. The molecule has 0 aliphatic heterocycles. The molecule has 0 aromatic carbocycles. The Balaban J connectivity index is 3.02. The van der Waals surface area contributed by atoms with Crippen LogP contribution in [0.1, 0.15) is 5.56 Å². The normalized spacial score (nSPS) is 8.82. The Morgan fingerprint density at radius 3 is 3.00 bits per heavy atom. The van der Waals surface area contributed by atoms with Gasteiger partial charge in [0.2, 0.25) is 0 Å². The fourth-order valence-electron chi connectivity index (χ4n) is 0.760. The van der Waals surface area contributed by atoms with Crippen LogP contribution in [0, 0.1) is 0 Å². The first kappa shape index (κ1) is 7.66. The summed E-state index contributed by atoms with van der Waals surface area (Å²) in [6.45, 7) is 0.204. The van der Waals surface area contributed by atoms with E-state index in [0.717, 1.165) is 5.56 Å². The zero-order chi connectivity index (χ0) is 8.10. The predicted molar refractivity (Wildman–Crippen MR) is 42.4 cm³/mol. The molecule has 0 aliphatic rings. The van der Waals surface area contributed by atoms with Crippen molar-refractivity contribution < 1.29 is 4.79 Å². The fourth-order valence-corrected chi connectivity index (χ4v) is 0.760. The first-order valence-corrected chi connectivity index (χ1v) is 3.23. The molecule has 3 nitrogen and oxygen atoms in total. The highest BCUT2D eigenvalue weighted by atomic mass is 16.1. The highest BCUT2D eigenvalue weighted by Gasteiger charge is 1.97. The molecule has 56 valence electrons. The second-order valence-corrected chi connectivity index (χ2v) is 2.03. The molecule has 0 saturated heterocycles. The predicted octanol–water partition coefficient (Wildman–Crippen LogP) is 0.255. The summed E-state index contributed by atoms with van der Waals surface area (Å²) in [6.07, 6.45) is 3.23. The third-order valence-electron chi connectivity index (χ3n) is 1.34. The minimum absolute atomic E-state index is 0.204. The third-order valence-corrected chi connectivity index (χ3v) is 1.34. The summed E-state index contributed by atoms with van der Waals surface area (Å²) in [5.74, 6) is 1.77. The first-order valence-electron chi connectivity index (χ1n) is 3.23. The molecule has 0 saturated carbocycles. The summed E-state index contributed by atoms with van der Waals surface area (Å²) in [6, 6.07) is 3.53. The van der Waals surface area contributed by atoms with Crippen molar-refractivity contribution in [2.24, 2.45) is 5.73 Å². The monoisotopic (exact) mass is 148 g/mol. The first-order chi connectivity index (χ1) is 5.38. The van der Waals surface area contributed by atoms with Crippen molar-refractivity contribution >= 4 is 11.5 Å². The van der Waals surface area contributed by atoms with Gasteiger partial charge in [-0.15, -0.1) is 0 Å². The van der Waals surface area contributed by atoms with Gasteiger partial charge >= 0.3 is 0 Å². The van der Waals surface area contributed by atoms with Gasteiger partial charge in [-0.1, -0.05) is 6.07 Å². The summed E-state index contributed by atoms with van der Waals surface area (Å²) in [4.78, 5) is 14.1. The van der Waals surface area contributed by atoms with E-state index in [2.05, 4.69) is 4.98 Å². The number of nitrogens with two attached hydrogens (primary N) is 1. The summed E-state index contributed by atoms with van der Waals surface area (Å²) in [5, 5.41) is 0. The van der Waals surface area contributed by atoms with Gasteiger partial charge in [0, 0.05) is 24.5 Å². The van der Waals surface area contributed by atoms with Gasteiger partial charge in [-0.05, 0) is 6.07 Å². The number of aromatic nitrogens is 1. The Bertz CT molecular complexity index is 275. The molecule has 1 rings (SSSR count). The molecule has 1 aromatic rings. The molecule has 1 aromatic heterocycles. The lowest BCUT2D eigenvalue weighted by Gasteiger charge is -1.96. The summed E-state index contributed by atoms with van der Waals surface area (Å²) in [5.41, 5.74) is 6.49. The third kappa shape index (κ3) is 1.74. The van der Waals surface area contributed by atoms with Gasteiger partial charge in [-0.25, -0.2) is 4.79 Å². The van der Waals surface area contributed by atoms with Gasteiger partial charge in [0.25, 0.3) is 0 Å². The maximum absolute atomic E-state index is 10.3. The average Bonchev–Trinajstić information content (AvgIpc) is 2.09. The molecular weight excluding hydrogens is 140 g/mol. The number of pyridine rings is 1. The van der Waals surface area contributed by atoms with E-state index in [9.17, 15) is 4.79 Å². The Morgan fingerprint density at radius 2 is 2.55 bits per heavy atom. The summed E-state index contributed by atoms with van der Waals surface area (Å²) < 4.78 is 0. The van der Waals surface area contributed by atoms with Crippen molar-refractivity contribution in [2.45, 2.75) is 0 Å². The molecule has 0 unspecified atom stereocenters. The van der Waals surface area contributed by atoms with Gasteiger partial charge in [0.15, 0.2) is 0 Å².